The minimum Gasteiger partial charge on any atom is -0.326 e. The number of aromatic nitrogens is 1. The van der Waals surface area contributed by atoms with Gasteiger partial charge in [-0.3, -0.25) is 0 Å². The molecule has 100 valence electrons. The summed E-state index contributed by atoms with van der Waals surface area (Å²) in [5.74, 6) is 0. The van der Waals surface area contributed by atoms with Crippen LogP contribution < -0.4 is 5.73 Å². The average Bonchev–Trinajstić information content (AvgIpc) is 2.97. The molecule has 1 aromatic heterocycles. The molecule has 0 amide bonds. The molecule has 0 radical (unpaired) electrons. The fraction of sp³-hybridized carbons (Fsp3) is 0.0625. The lowest BCUT2D eigenvalue weighted by Gasteiger charge is -1.99. The van der Waals surface area contributed by atoms with Crippen molar-refractivity contribution in [2.75, 3.05) is 0 Å². The summed E-state index contributed by atoms with van der Waals surface area (Å²) in [5.41, 5.74) is 10.0. The minimum atomic E-state index is 0.570. The molecule has 3 aromatic rings. The van der Waals surface area contributed by atoms with Crippen LogP contribution in [0.25, 0.3) is 21.8 Å². The van der Waals surface area contributed by atoms with E-state index in [0.717, 1.165) is 31.9 Å². The predicted molar refractivity (Wildman–Crippen MR) is 88.6 cm³/mol. The summed E-state index contributed by atoms with van der Waals surface area (Å²) in [6.45, 7) is 0.570. The Hall–Kier alpha value is -1.49. The van der Waals surface area contributed by atoms with Crippen molar-refractivity contribution in [3.63, 3.8) is 0 Å². The van der Waals surface area contributed by atoms with E-state index in [1.54, 1.807) is 11.3 Å². The van der Waals surface area contributed by atoms with Gasteiger partial charge in [0.15, 0.2) is 0 Å². The Morgan fingerprint density at radius 1 is 1.05 bits per heavy atom. The van der Waals surface area contributed by atoms with Crippen molar-refractivity contribution in [2.45, 2.75) is 6.54 Å². The third-order valence-electron chi connectivity index (χ3n) is 3.06. The lowest BCUT2D eigenvalue weighted by atomic mass is 10.1. The van der Waals surface area contributed by atoms with Crippen molar-refractivity contribution in [3.8, 4) is 21.8 Å². The Balaban J connectivity index is 1.93. The molecule has 0 aliphatic carbocycles. The minimum absolute atomic E-state index is 0.570. The number of nitrogens with zero attached hydrogens (tertiary/aromatic N) is 1. The van der Waals surface area contributed by atoms with Crippen LogP contribution in [0.3, 0.4) is 0 Å². The standard InChI is InChI=1S/C16H13BrN2S/c17-14-3-1-2-13(8-14)16-19-15(10-20-16)12-6-4-11(9-18)5-7-12/h1-8,10H,9,18H2. The molecular formula is C16H13BrN2S. The molecule has 3 rings (SSSR count). The molecule has 0 saturated carbocycles. The van der Waals surface area contributed by atoms with E-state index in [9.17, 15) is 0 Å². The third-order valence-corrected chi connectivity index (χ3v) is 4.45. The molecule has 0 atom stereocenters. The average molecular weight is 345 g/mol. The number of hydrogen-bond acceptors (Lipinski definition) is 3. The Bertz CT molecular complexity index is 719. The lowest BCUT2D eigenvalue weighted by molar-refractivity contribution is 1.07. The molecule has 0 spiro atoms. The summed E-state index contributed by atoms with van der Waals surface area (Å²) in [7, 11) is 0. The zero-order chi connectivity index (χ0) is 13.9. The van der Waals surface area contributed by atoms with Crippen LogP contribution in [-0.4, -0.2) is 4.98 Å². The molecule has 2 aromatic carbocycles. The maximum Gasteiger partial charge on any atom is 0.124 e. The van der Waals surface area contributed by atoms with Crippen LogP contribution in [0.1, 0.15) is 5.56 Å². The van der Waals surface area contributed by atoms with E-state index in [2.05, 4.69) is 45.6 Å². The normalized spacial score (nSPS) is 10.7. The molecule has 2 nitrogen and oxygen atoms in total. The predicted octanol–water partition coefficient (Wildman–Crippen LogP) is 4.70. The van der Waals surface area contributed by atoms with E-state index >= 15 is 0 Å². The Labute approximate surface area is 130 Å². The van der Waals surface area contributed by atoms with Gasteiger partial charge in [-0.15, -0.1) is 11.3 Å². The quantitative estimate of drug-likeness (QED) is 0.747. The van der Waals surface area contributed by atoms with Gasteiger partial charge in [-0.25, -0.2) is 4.98 Å². The highest BCUT2D eigenvalue weighted by Gasteiger charge is 2.07. The molecule has 2 N–H and O–H groups in total. The fourth-order valence-corrected chi connectivity index (χ4v) is 3.20. The lowest BCUT2D eigenvalue weighted by Crippen LogP contribution is -1.95. The van der Waals surface area contributed by atoms with E-state index in [4.69, 9.17) is 10.7 Å². The van der Waals surface area contributed by atoms with Gasteiger partial charge in [-0.1, -0.05) is 52.3 Å². The first kappa shape index (κ1) is 13.5. The second-order valence-corrected chi connectivity index (χ2v) is 6.22. The number of nitrogens with two attached hydrogens (primary N) is 1. The van der Waals surface area contributed by atoms with Crippen molar-refractivity contribution >= 4 is 27.3 Å². The zero-order valence-electron chi connectivity index (χ0n) is 10.7. The van der Waals surface area contributed by atoms with E-state index in [-0.39, 0.29) is 0 Å². The fourth-order valence-electron chi connectivity index (χ4n) is 1.97. The van der Waals surface area contributed by atoms with Gasteiger partial charge in [-0.05, 0) is 17.7 Å². The van der Waals surface area contributed by atoms with Crippen LogP contribution in [-0.2, 0) is 6.54 Å². The second kappa shape index (κ2) is 5.87. The van der Waals surface area contributed by atoms with Gasteiger partial charge in [0.2, 0.25) is 0 Å². The van der Waals surface area contributed by atoms with Gasteiger partial charge in [0.05, 0.1) is 5.69 Å². The Kier molecular flexibility index (Phi) is 3.96. The Morgan fingerprint density at radius 2 is 1.85 bits per heavy atom. The summed E-state index contributed by atoms with van der Waals surface area (Å²) < 4.78 is 1.07. The van der Waals surface area contributed by atoms with Gasteiger partial charge in [-0.2, -0.15) is 0 Å². The zero-order valence-corrected chi connectivity index (χ0v) is 13.1. The summed E-state index contributed by atoms with van der Waals surface area (Å²) >= 11 is 5.15. The smallest absolute Gasteiger partial charge is 0.124 e. The molecule has 0 saturated heterocycles. The van der Waals surface area contributed by atoms with Crippen LogP contribution in [0.2, 0.25) is 0 Å². The van der Waals surface area contributed by atoms with Crippen LogP contribution in [0.4, 0.5) is 0 Å². The van der Waals surface area contributed by atoms with E-state index in [0.29, 0.717) is 6.54 Å². The molecule has 0 fully saturated rings. The third kappa shape index (κ3) is 2.82. The van der Waals surface area contributed by atoms with Crippen LogP contribution in [0.5, 0.6) is 0 Å². The van der Waals surface area contributed by atoms with Gasteiger partial charge in [0, 0.05) is 27.5 Å². The second-order valence-electron chi connectivity index (χ2n) is 4.45. The topological polar surface area (TPSA) is 38.9 Å². The number of thiazole rings is 1. The summed E-state index contributed by atoms with van der Waals surface area (Å²) in [4.78, 5) is 4.71. The maximum atomic E-state index is 5.61. The van der Waals surface area contributed by atoms with E-state index < -0.39 is 0 Å². The molecule has 1 heterocycles. The molecule has 4 heteroatoms. The van der Waals surface area contributed by atoms with E-state index in [1.165, 1.54) is 0 Å². The van der Waals surface area contributed by atoms with Gasteiger partial charge in [0.25, 0.3) is 0 Å². The molecule has 20 heavy (non-hydrogen) atoms. The van der Waals surface area contributed by atoms with Crippen molar-refractivity contribution in [1.29, 1.82) is 0 Å². The summed E-state index contributed by atoms with van der Waals surface area (Å²) in [6.07, 6.45) is 0. The number of hydrogen-bond donors (Lipinski definition) is 1. The first-order valence-electron chi connectivity index (χ1n) is 6.27. The number of benzene rings is 2. The SMILES string of the molecule is NCc1ccc(-c2csc(-c3cccc(Br)c3)n2)cc1. The van der Waals surface area contributed by atoms with Crippen molar-refractivity contribution < 1.29 is 0 Å². The van der Waals surface area contributed by atoms with Crippen LogP contribution >= 0.6 is 27.3 Å². The summed E-state index contributed by atoms with van der Waals surface area (Å²) in [6, 6.07) is 16.4. The summed E-state index contributed by atoms with van der Waals surface area (Å²) in [5, 5.41) is 3.12. The maximum absolute atomic E-state index is 5.61. The first-order chi connectivity index (χ1) is 9.76. The first-order valence-corrected chi connectivity index (χ1v) is 7.94. The highest BCUT2D eigenvalue weighted by molar-refractivity contribution is 9.10. The van der Waals surface area contributed by atoms with Crippen LogP contribution in [0.15, 0.2) is 58.4 Å². The van der Waals surface area contributed by atoms with Crippen LogP contribution in [0, 0.1) is 0 Å². The number of halogens is 1. The van der Waals surface area contributed by atoms with Crippen molar-refractivity contribution in [1.82, 2.24) is 4.98 Å². The molecular weight excluding hydrogens is 332 g/mol. The van der Waals surface area contributed by atoms with Crippen molar-refractivity contribution in [3.05, 3.63) is 63.9 Å². The van der Waals surface area contributed by atoms with Crippen molar-refractivity contribution in [2.24, 2.45) is 5.73 Å². The molecule has 0 unspecified atom stereocenters. The van der Waals surface area contributed by atoms with E-state index in [1.807, 2.05) is 24.3 Å². The monoisotopic (exact) mass is 344 g/mol. The van der Waals surface area contributed by atoms with Gasteiger partial charge < -0.3 is 5.73 Å². The number of rotatable bonds is 3. The molecule has 0 aliphatic rings. The molecule has 0 aliphatic heterocycles. The largest absolute Gasteiger partial charge is 0.326 e. The highest BCUT2D eigenvalue weighted by atomic mass is 79.9. The molecule has 0 bridgehead atoms. The van der Waals surface area contributed by atoms with Gasteiger partial charge >= 0.3 is 0 Å². The Morgan fingerprint density at radius 3 is 2.55 bits per heavy atom. The highest BCUT2D eigenvalue weighted by Crippen LogP contribution is 2.30. The van der Waals surface area contributed by atoms with Gasteiger partial charge in [0.1, 0.15) is 5.01 Å².